The highest BCUT2D eigenvalue weighted by atomic mass is 79.9. The van der Waals surface area contributed by atoms with Crippen molar-refractivity contribution in [2.75, 3.05) is 20.1 Å². The highest BCUT2D eigenvalue weighted by Gasteiger charge is 2.30. The number of hydrogen-bond donors (Lipinski definition) is 1. The Morgan fingerprint density at radius 3 is 2.53 bits per heavy atom. The third kappa shape index (κ3) is 3.11. The molecule has 1 fully saturated rings. The number of thiophene rings is 1. The average Bonchev–Trinajstić information content (AvgIpc) is 2.76. The molecule has 0 radical (unpaired) electrons. The Hall–Kier alpha value is 0.1000. The van der Waals surface area contributed by atoms with Crippen molar-refractivity contribution in [3.63, 3.8) is 0 Å². The van der Waals surface area contributed by atoms with E-state index in [1.54, 1.807) is 0 Å². The molecule has 0 spiro atoms. The van der Waals surface area contributed by atoms with Crippen molar-refractivity contribution >= 4 is 27.3 Å². The third-order valence-electron chi connectivity index (χ3n) is 4.06. The number of nitrogens with one attached hydrogen (secondary N) is 1. The van der Waals surface area contributed by atoms with Gasteiger partial charge in [-0.1, -0.05) is 0 Å². The number of halogens is 1. The van der Waals surface area contributed by atoms with Gasteiger partial charge in [0, 0.05) is 29.5 Å². The van der Waals surface area contributed by atoms with Crippen molar-refractivity contribution in [1.29, 1.82) is 0 Å². The molecule has 4 heteroatoms. The summed E-state index contributed by atoms with van der Waals surface area (Å²) >= 11 is 5.40. The van der Waals surface area contributed by atoms with E-state index in [0.29, 0.717) is 11.6 Å². The van der Waals surface area contributed by atoms with Gasteiger partial charge in [-0.2, -0.15) is 0 Å². The van der Waals surface area contributed by atoms with Crippen LogP contribution in [0.2, 0.25) is 0 Å². The molecule has 0 bridgehead atoms. The van der Waals surface area contributed by atoms with Crippen LogP contribution in [0.5, 0.6) is 0 Å². The first-order chi connectivity index (χ1) is 8.04. The van der Waals surface area contributed by atoms with Gasteiger partial charge < -0.3 is 5.32 Å². The van der Waals surface area contributed by atoms with Gasteiger partial charge in [0.1, 0.15) is 0 Å². The lowest BCUT2D eigenvalue weighted by Gasteiger charge is -2.41. The van der Waals surface area contributed by atoms with Crippen molar-refractivity contribution < 1.29 is 0 Å². The van der Waals surface area contributed by atoms with Crippen LogP contribution in [0.15, 0.2) is 15.9 Å². The van der Waals surface area contributed by atoms with Crippen LogP contribution in [0.4, 0.5) is 0 Å². The van der Waals surface area contributed by atoms with E-state index in [1.165, 1.54) is 34.6 Å². The van der Waals surface area contributed by atoms with E-state index in [2.05, 4.69) is 59.2 Å². The number of piperidine rings is 1. The average molecular weight is 317 g/mol. The van der Waals surface area contributed by atoms with Crippen LogP contribution in [0.25, 0.3) is 0 Å². The van der Waals surface area contributed by atoms with Gasteiger partial charge in [0.25, 0.3) is 0 Å². The molecule has 1 unspecified atom stereocenters. The van der Waals surface area contributed by atoms with Crippen LogP contribution in [-0.4, -0.2) is 30.6 Å². The van der Waals surface area contributed by atoms with Gasteiger partial charge in [0.2, 0.25) is 0 Å². The van der Waals surface area contributed by atoms with Crippen LogP contribution in [0.3, 0.4) is 0 Å². The minimum atomic E-state index is 0.340. The number of hydrogen-bond acceptors (Lipinski definition) is 3. The van der Waals surface area contributed by atoms with Crippen LogP contribution in [0.1, 0.15) is 37.6 Å². The van der Waals surface area contributed by atoms with Crippen molar-refractivity contribution in [1.82, 2.24) is 10.2 Å². The van der Waals surface area contributed by atoms with Crippen molar-refractivity contribution in [3.8, 4) is 0 Å². The predicted molar refractivity (Wildman–Crippen MR) is 78.7 cm³/mol. The second-order valence-corrected chi connectivity index (χ2v) is 7.66. The molecule has 2 heterocycles. The molecule has 96 valence electrons. The summed E-state index contributed by atoms with van der Waals surface area (Å²) in [5.41, 5.74) is 0.340. The molecule has 0 amide bonds. The molecular formula is C13H21BrN2S. The normalized spacial score (nSPS) is 22.6. The second kappa shape index (κ2) is 5.39. The second-order valence-electron chi connectivity index (χ2n) is 5.16. The summed E-state index contributed by atoms with van der Waals surface area (Å²) in [6.07, 6.45) is 2.47. The fourth-order valence-electron chi connectivity index (χ4n) is 2.39. The maximum Gasteiger partial charge on any atom is 0.0701 e. The van der Waals surface area contributed by atoms with Gasteiger partial charge in [-0.25, -0.2) is 0 Å². The van der Waals surface area contributed by atoms with Gasteiger partial charge >= 0.3 is 0 Å². The summed E-state index contributed by atoms with van der Waals surface area (Å²) in [7, 11) is 2.08. The van der Waals surface area contributed by atoms with Gasteiger partial charge in [-0.05, 0) is 61.8 Å². The van der Waals surface area contributed by atoms with E-state index in [0.717, 1.165) is 0 Å². The molecule has 1 saturated heterocycles. The Balaban J connectivity index is 1.97. The maximum absolute atomic E-state index is 3.54. The third-order valence-corrected chi connectivity index (χ3v) is 5.85. The molecule has 0 aromatic carbocycles. The van der Waals surface area contributed by atoms with Crippen molar-refractivity contribution in [3.05, 3.63) is 20.8 Å². The van der Waals surface area contributed by atoms with E-state index < -0.39 is 0 Å². The quantitative estimate of drug-likeness (QED) is 0.915. The molecule has 0 aliphatic carbocycles. The minimum absolute atomic E-state index is 0.340. The highest BCUT2D eigenvalue weighted by Crippen LogP contribution is 2.33. The molecule has 1 aliphatic heterocycles. The van der Waals surface area contributed by atoms with Crippen LogP contribution in [-0.2, 0) is 0 Å². The SMILES string of the molecule is CNC1(C)CCN(C(C)c2ccc(Br)s2)CC1. The zero-order valence-corrected chi connectivity index (χ0v) is 13.2. The maximum atomic E-state index is 3.54. The minimum Gasteiger partial charge on any atom is -0.314 e. The summed E-state index contributed by atoms with van der Waals surface area (Å²) in [4.78, 5) is 4.06. The lowest BCUT2D eigenvalue weighted by atomic mass is 9.89. The molecule has 17 heavy (non-hydrogen) atoms. The Morgan fingerprint density at radius 1 is 1.41 bits per heavy atom. The summed E-state index contributed by atoms with van der Waals surface area (Å²) in [5, 5.41) is 3.45. The zero-order chi connectivity index (χ0) is 12.5. The molecule has 1 aromatic heterocycles. The van der Waals surface area contributed by atoms with Gasteiger partial charge in [-0.15, -0.1) is 11.3 Å². The van der Waals surface area contributed by atoms with Gasteiger partial charge in [0.05, 0.1) is 3.79 Å². The first kappa shape index (κ1) is 13.5. The lowest BCUT2D eigenvalue weighted by Crippen LogP contribution is -2.50. The first-order valence-corrected chi connectivity index (χ1v) is 7.83. The molecule has 0 saturated carbocycles. The highest BCUT2D eigenvalue weighted by molar-refractivity contribution is 9.11. The van der Waals surface area contributed by atoms with E-state index >= 15 is 0 Å². The summed E-state index contributed by atoms with van der Waals surface area (Å²) in [6.45, 7) is 7.03. The summed E-state index contributed by atoms with van der Waals surface area (Å²) in [6, 6.07) is 4.94. The zero-order valence-electron chi connectivity index (χ0n) is 10.8. The summed E-state index contributed by atoms with van der Waals surface area (Å²) < 4.78 is 1.23. The van der Waals surface area contributed by atoms with Crippen LogP contribution < -0.4 is 5.32 Å². The Kier molecular flexibility index (Phi) is 4.29. The molecule has 2 rings (SSSR count). The van der Waals surface area contributed by atoms with E-state index in [1.807, 2.05) is 11.3 Å². The molecule has 1 N–H and O–H groups in total. The van der Waals surface area contributed by atoms with Crippen molar-refractivity contribution in [2.24, 2.45) is 0 Å². The van der Waals surface area contributed by atoms with Gasteiger partial charge in [-0.3, -0.25) is 4.90 Å². The Morgan fingerprint density at radius 2 is 2.06 bits per heavy atom. The van der Waals surface area contributed by atoms with Gasteiger partial charge in [0.15, 0.2) is 0 Å². The van der Waals surface area contributed by atoms with E-state index in [-0.39, 0.29) is 0 Å². The molecule has 1 atom stereocenters. The van der Waals surface area contributed by atoms with E-state index in [9.17, 15) is 0 Å². The van der Waals surface area contributed by atoms with Crippen molar-refractivity contribution in [2.45, 2.75) is 38.3 Å². The predicted octanol–water partition coefficient (Wildman–Crippen LogP) is 3.65. The number of nitrogens with zero attached hydrogens (tertiary/aromatic N) is 1. The molecule has 1 aliphatic rings. The fourth-order valence-corrected chi connectivity index (χ4v) is 3.90. The topological polar surface area (TPSA) is 15.3 Å². The van der Waals surface area contributed by atoms with Crippen LogP contribution >= 0.6 is 27.3 Å². The first-order valence-electron chi connectivity index (χ1n) is 6.22. The number of rotatable bonds is 3. The number of likely N-dealkylation sites (tertiary alicyclic amines) is 1. The fraction of sp³-hybridized carbons (Fsp3) is 0.692. The standard InChI is InChI=1S/C13H21BrN2S/c1-10(11-4-5-12(14)17-11)16-8-6-13(2,15-3)7-9-16/h4-5,10,15H,6-9H2,1-3H3. The monoisotopic (exact) mass is 316 g/mol. The Bertz CT molecular complexity index is 369. The molecule has 2 nitrogen and oxygen atoms in total. The molecular weight excluding hydrogens is 296 g/mol. The summed E-state index contributed by atoms with van der Waals surface area (Å²) in [5.74, 6) is 0. The van der Waals surface area contributed by atoms with Crippen LogP contribution in [0, 0.1) is 0 Å². The smallest absolute Gasteiger partial charge is 0.0701 e. The lowest BCUT2D eigenvalue weighted by molar-refractivity contribution is 0.119. The Labute approximate surface area is 117 Å². The van der Waals surface area contributed by atoms with E-state index in [4.69, 9.17) is 0 Å². The largest absolute Gasteiger partial charge is 0.314 e. The molecule has 1 aromatic rings.